The molecule has 3 N–H and O–H groups in total. The molecule has 1 atom stereocenters. The fraction of sp³-hybridized carbons (Fsp3) is 0.875. The Balaban J connectivity index is 3.71. The van der Waals surface area contributed by atoms with E-state index in [2.05, 4.69) is 13.8 Å². The maximum absolute atomic E-state index is 10.3. The van der Waals surface area contributed by atoms with Gasteiger partial charge in [0.05, 0.1) is 0 Å². The predicted octanol–water partition coefficient (Wildman–Crippen LogP) is 1.22. The van der Waals surface area contributed by atoms with Gasteiger partial charge in [0.2, 0.25) is 0 Å². The van der Waals surface area contributed by atoms with Crippen molar-refractivity contribution < 1.29 is 9.90 Å². The molecule has 0 aliphatic heterocycles. The summed E-state index contributed by atoms with van der Waals surface area (Å²) in [5.74, 6) is -0.432. The number of hydrogen-bond acceptors (Lipinski definition) is 2. The second-order valence-electron chi connectivity index (χ2n) is 2.86. The molecule has 0 aromatic rings. The Hall–Kier alpha value is -0.570. The highest BCUT2D eigenvalue weighted by Gasteiger charge is 2.15. The lowest BCUT2D eigenvalue weighted by molar-refractivity contribution is -0.138. The van der Waals surface area contributed by atoms with Crippen molar-refractivity contribution in [2.45, 2.75) is 39.2 Å². The Bertz CT molecular complexity index is 121. The predicted molar refractivity (Wildman–Crippen MR) is 44.3 cm³/mol. The number of nitrogens with two attached hydrogens (primary N) is 1. The zero-order valence-electron chi connectivity index (χ0n) is 7.21. The normalized spacial score (nSPS) is 13.5. The molecule has 0 saturated carbocycles. The number of carbonyl (C=O) groups is 1. The lowest BCUT2D eigenvalue weighted by Gasteiger charge is -2.14. The van der Waals surface area contributed by atoms with Gasteiger partial charge in [-0.15, -0.1) is 0 Å². The number of carboxylic acid groups (broad SMARTS) is 1. The summed E-state index contributed by atoms with van der Waals surface area (Å²) in [4.78, 5) is 10.3. The van der Waals surface area contributed by atoms with Crippen molar-refractivity contribution in [1.29, 1.82) is 0 Å². The monoisotopic (exact) mass is 159 g/mol. The van der Waals surface area contributed by atoms with Gasteiger partial charge in [-0.3, -0.25) is 4.79 Å². The van der Waals surface area contributed by atoms with Gasteiger partial charge in [0.25, 0.3) is 0 Å². The number of carboxylic acids is 1. The van der Waals surface area contributed by atoms with Gasteiger partial charge < -0.3 is 10.8 Å². The van der Waals surface area contributed by atoms with Crippen molar-refractivity contribution >= 4 is 5.97 Å². The average Bonchev–Trinajstić information content (AvgIpc) is 1.99. The number of hydrogen-bond donors (Lipinski definition) is 2. The van der Waals surface area contributed by atoms with Crippen molar-refractivity contribution in [2.24, 2.45) is 11.7 Å². The van der Waals surface area contributed by atoms with Gasteiger partial charge in [0.1, 0.15) is 6.04 Å². The molecule has 0 unspecified atom stereocenters. The molecule has 0 aromatic carbocycles. The van der Waals surface area contributed by atoms with Crippen molar-refractivity contribution in [3.8, 4) is 0 Å². The van der Waals surface area contributed by atoms with Crippen molar-refractivity contribution in [1.82, 2.24) is 0 Å². The smallest absolute Gasteiger partial charge is 0.320 e. The van der Waals surface area contributed by atoms with Crippen LogP contribution in [0.25, 0.3) is 0 Å². The topological polar surface area (TPSA) is 63.3 Å². The summed E-state index contributed by atoms with van der Waals surface area (Å²) in [6, 6.07) is -0.681. The third-order valence-electron chi connectivity index (χ3n) is 2.06. The molecule has 0 bridgehead atoms. The average molecular weight is 159 g/mol. The summed E-state index contributed by atoms with van der Waals surface area (Å²) >= 11 is 0. The molecule has 0 saturated heterocycles. The van der Waals surface area contributed by atoms with E-state index in [1.54, 1.807) is 0 Å². The Morgan fingerprint density at radius 1 is 1.45 bits per heavy atom. The van der Waals surface area contributed by atoms with Crippen LogP contribution in [-0.2, 0) is 4.79 Å². The van der Waals surface area contributed by atoms with Crippen LogP contribution in [0.2, 0.25) is 0 Å². The summed E-state index contributed by atoms with van der Waals surface area (Å²) < 4.78 is 0. The molecule has 3 nitrogen and oxygen atoms in total. The van der Waals surface area contributed by atoms with Crippen LogP contribution in [0.4, 0.5) is 0 Å². The molecule has 0 amide bonds. The lowest BCUT2D eigenvalue weighted by Crippen LogP contribution is -2.32. The Labute approximate surface area is 67.6 Å². The van der Waals surface area contributed by atoms with Crippen LogP contribution in [0.3, 0.4) is 0 Å². The molecular formula is C8H17NO2. The summed E-state index contributed by atoms with van der Waals surface area (Å²) in [5, 5.41) is 8.50. The van der Waals surface area contributed by atoms with Crippen LogP contribution in [0, 0.1) is 5.92 Å². The fourth-order valence-corrected chi connectivity index (χ4v) is 1.08. The van der Waals surface area contributed by atoms with E-state index in [9.17, 15) is 4.79 Å². The van der Waals surface area contributed by atoms with Crippen molar-refractivity contribution in [3.63, 3.8) is 0 Å². The van der Waals surface area contributed by atoms with E-state index in [0.717, 1.165) is 12.8 Å². The molecule has 0 heterocycles. The Morgan fingerprint density at radius 2 is 1.91 bits per heavy atom. The second-order valence-corrected chi connectivity index (χ2v) is 2.86. The van der Waals surface area contributed by atoms with Crippen LogP contribution < -0.4 is 5.73 Å². The molecule has 0 radical (unpaired) electrons. The van der Waals surface area contributed by atoms with Crippen LogP contribution in [0.15, 0.2) is 0 Å². The standard InChI is InChI=1S/C8H17NO2/c1-3-6(4-2)5-7(9)8(10)11/h6-7H,3-5,9H2,1-2H3,(H,10,11)/t7-/m1/s1. The van der Waals surface area contributed by atoms with Gasteiger partial charge in [-0.1, -0.05) is 26.7 Å². The molecule has 0 spiro atoms. The van der Waals surface area contributed by atoms with E-state index in [1.165, 1.54) is 0 Å². The maximum atomic E-state index is 10.3. The molecule has 0 rings (SSSR count). The van der Waals surface area contributed by atoms with Crippen LogP contribution in [0.1, 0.15) is 33.1 Å². The van der Waals surface area contributed by atoms with E-state index < -0.39 is 12.0 Å². The molecule has 66 valence electrons. The van der Waals surface area contributed by atoms with Gasteiger partial charge in [-0.25, -0.2) is 0 Å². The zero-order valence-corrected chi connectivity index (χ0v) is 7.21. The number of rotatable bonds is 5. The van der Waals surface area contributed by atoms with Crippen molar-refractivity contribution in [2.75, 3.05) is 0 Å². The molecule has 3 heteroatoms. The molecule has 0 aliphatic carbocycles. The second kappa shape index (κ2) is 5.13. The molecular weight excluding hydrogens is 142 g/mol. The van der Waals surface area contributed by atoms with E-state index in [4.69, 9.17) is 10.8 Å². The van der Waals surface area contributed by atoms with E-state index in [-0.39, 0.29) is 0 Å². The minimum absolute atomic E-state index is 0.459. The van der Waals surface area contributed by atoms with Gasteiger partial charge in [-0.05, 0) is 12.3 Å². The van der Waals surface area contributed by atoms with Crippen molar-refractivity contribution in [3.05, 3.63) is 0 Å². The highest BCUT2D eigenvalue weighted by atomic mass is 16.4. The highest BCUT2D eigenvalue weighted by Crippen LogP contribution is 2.13. The Kier molecular flexibility index (Phi) is 4.86. The fourth-order valence-electron chi connectivity index (χ4n) is 1.08. The first-order valence-corrected chi connectivity index (χ1v) is 4.10. The van der Waals surface area contributed by atoms with E-state index in [1.807, 2.05) is 0 Å². The van der Waals surface area contributed by atoms with Gasteiger partial charge in [0, 0.05) is 0 Å². The zero-order chi connectivity index (χ0) is 8.85. The first kappa shape index (κ1) is 10.4. The molecule has 11 heavy (non-hydrogen) atoms. The third-order valence-corrected chi connectivity index (χ3v) is 2.06. The highest BCUT2D eigenvalue weighted by molar-refractivity contribution is 5.72. The molecule has 0 aromatic heterocycles. The third kappa shape index (κ3) is 3.98. The Morgan fingerprint density at radius 3 is 2.18 bits per heavy atom. The number of aliphatic carboxylic acids is 1. The van der Waals surface area contributed by atoms with E-state index in [0.29, 0.717) is 12.3 Å². The van der Waals surface area contributed by atoms with Gasteiger partial charge in [-0.2, -0.15) is 0 Å². The minimum atomic E-state index is -0.892. The van der Waals surface area contributed by atoms with E-state index >= 15 is 0 Å². The summed E-state index contributed by atoms with van der Waals surface area (Å²) in [5.41, 5.74) is 5.37. The summed E-state index contributed by atoms with van der Waals surface area (Å²) in [6.07, 6.45) is 2.62. The maximum Gasteiger partial charge on any atom is 0.320 e. The van der Waals surface area contributed by atoms with Crippen LogP contribution in [0.5, 0.6) is 0 Å². The quantitative estimate of drug-likeness (QED) is 0.634. The SMILES string of the molecule is CCC(CC)C[C@@H](N)C(=O)O. The van der Waals surface area contributed by atoms with Gasteiger partial charge in [0.15, 0.2) is 0 Å². The molecule has 0 aliphatic rings. The molecule has 0 fully saturated rings. The first-order valence-electron chi connectivity index (χ1n) is 4.10. The van der Waals surface area contributed by atoms with Crippen LogP contribution >= 0.6 is 0 Å². The largest absolute Gasteiger partial charge is 0.480 e. The minimum Gasteiger partial charge on any atom is -0.480 e. The summed E-state index contributed by atoms with van der Waals surface area (Å²) in [6.45, 7) is 4.12. The lowest BCUT2D eigenvalue weighted by atomic mass is 9.95. The van der Waals surface area contributed by atoms with Gasteiger partial charge >= 0.3 is 5.97 Å². The first-order chi connectivity index (χ1) is 5.11. The summed E-state index contributed by atoms with van der Waals surface area (Å²) in [7, 11) is 0. The van der Waals surface area contributed by atoms with Crippen LogP contribution in [-0.4, -0.2) is 17.1 Å².